The molecule has 0 aromatic heterocycles. The maximum absolute atomic E-state index is 13.1. The van der Waals surface area contributed by atoms with Gasteiger partial charge in [-0.1, -0.05) is 17.7 Å². The van der Waals surface area contributed by atoms with Gasteiger partial charge in [0, 0.05) is 11.6 Å². The molecule has 84 valence electrons. The van der Waals surface area contributed by atoms with Crippen molar-refractivity contribution < 1.29 is 17.6 Å². The molecular formula is C10H11F4N. The average Bonchev–Trinajstić information content (AvgIpc) is 2.06. The molecule has 0 aliphatic rings. The second-order valence-corrected chi connectivity index (χ2v) is 3.45. The first-order valence-electron chi connectivity index (χ1n) is 4.38. The van der Waals surface area contributed by atoms with E-state index in [4.69, 9.17) is 5.73 Å². The van der Waals surface area contributed by atoms with Crippen LogP contribution in [0.2, 0.25) is 0 Å². The lowest BCUT2D eigenvalue weighted by molar-refractivity contribution is -0.138. The van der Waals surface area contributed by atoms with E-state index in [-0.39, 0.29) is 5.56 Å². The van der Waals surface area contributed by atoms with Gasteiger partial charge in [-0.25, -0.2) is 4.39 Å². The Morgan fingerprint density at radius 3 is 2.47 bits per heavy atom. The molecule has 2 N–H and O–H groups in total. The molecule has 0 aliphatic carbocycles. The van der Waals surface area contributed by atoms with Gasteiger partial charge in [-0.15, -0.1) is 0 Å². The third-order valence-electron chi connectivity index (χ3n) is 2.00. The summed E-state index contributed by atoms with van der Waals surface area (Å²) in [4.78, 5) is 0. The Balaban J connectivity index is 2.90. The molecule has 1 nitrogen and oxygen atoms in total. The molecule has 0 saturated heterocycles. The highest BCUT2D eigenvalue weighted by atomic mass is 19.4. The molecule has 0 heterocycles. The minimum Gasteiger partial charge on any atom is -0.324 e. The molecule has 1 rings (SSSR count). The second kappa shape index (κ2) is 4.18. The van der Waals surface area contributed by atoms with Gasteiger partial charge in [-0.3, -0.25) is 0 Å². The number of rotatable bonds is 2. The Labute approximate surface area is 84.9 Å². The standard InChI is InChI=1S/C10H11F4N/c1-6-2-3-8(11)7(4-6)9(15)5-10(12,13)14/h2-4,9H,5,15H2,1H3/t9-/m1/s1. The topological polar surface area (TPSA) is 26.0 Å². The summed E-state index contributed by atoms with van der Waals surface area (Å²) in [5.74, 6) is -0.697. The van der Waals surface area contributed by atoms with Crippen LogP contribution in [0.3, 0.4) is 0 Å². The van der Waals surface area contributed by atoms with E-state index in [0.29, 0.717) is 5.56 Å². The van der Waals surface area contributed by atoms with E-state index < -0.39 is 24.5 Å². The molecule has 1 atom stereocenters. The summed E-state index contributed by atoms with van der Waals surface area (Å²) in [5, 5.41) is 0. The Bertz CT molecular complexity index is 346. The zero-order valence-corrected chi connectivity index (χ0v) is 8.11. The van der Waals surface area contributed by atoms with Crippen LogP contribution in [0.15, 0.2) is 18.2 Å². The maximum atomic E-state index is 13.1. The van der Waals surface area contributed by atoms with Gasteiger partial charge < -0.3 is 5.73 Å². The number of benzene rings is 1. The quantitative estimate of drug-likeness (QED) is 0.763. The molecule has 0 bridgehead atoms. The zero-order chi connectivity index (χ0) is 11.6. The normalized spacial score (nSPS) is 14.0. The van der Waals surface area contributed by atoms with Crippen LogP contribution in [0.4, 0.5) is 17.6 Å². The van der Waals surface area contributed by atoms with Gasteiger partial charge in [-0.05, 0) is 13.0 Å². The van der Waals surface area contributed by atoms with Crippen LogP contribution in [0.25, 0.3) is 0 Å². The van der Waals surface area contributed by atoms with E-state index in [2.05, 4.69) is 0 Å². The summed E-state index contributed by atoms with van der Waals surface area (Å²) >= 11 is 0. The lowest BCUT2D eigenvalue weighted by Crippen LogP contribution is -2.21. The summed E-state index contributed by atoms with van der Waals surface area (Å²) in [6.45, 7) is 1.67. The molecule has 1 aromatic carbocycles. The van der Waals surface area contributed by atoms with Crippen molar-refractivity contribution in [2.75, 3.05) is 0 Å². The Morgan fingerprint density at radius 2 is 1.93 bits per heavy atom. The van der Waals surface area contributed by atoms with Crippen LogP contribution in [-0.4, -0.2) is 6.18 Å². The van der Waals surface area contributed by atoms with Crippen LogP contribution in [0.5, 0.6) is 0 Å². The monoisotopic (exact) mass is 221 g/mol. The number of hydrogen-bond donors (Lipinski definition) is 1. The van der Waals surface area contributed by atoms with E-state index in [1.165, 1.54) is 12.1 Å². The van der Waals surface area contributed by atoms with Gasteiger partial charge in [0.25, 0.3) is 0 Å². The van der Waals surface area contributed by atoms with Crippen molar-refractivity contribution in [2.24, 2.45) is 5.73 Å². The Kier molecular flexibility index (Phi) is 3.34. The minimum absolute atomic E-state index is 0.0904. The van der Waals surface area contributed by atoms with Crippen molar-refractivity contribution in [3.05, 3.63) is 35.1 Å². The smallest absolute Gasteiger partial charge is 0.324 e. The van der Waals surface area contributed by atoms with E-state index in [9.17, 15) is 17.6 Å². The molecular weight excluding hydrogens is 210 g/mol. The molecule has 15 heavy (non-hydrogen) atoms. The molecule has 0 amide bonds. The van der Waals surface area contributed by atoms with Gasteiger partial charge >= 0.3 is 6.18 Å². The maximum Gasteiger partial charge on any atom is 0.390 e. The first-order valence-corrected chi connectivity index (χ1v) is 4.38. The van der Waals surface area contributed by atoms with Crippen molar-refractivity contribution in [1.29, 1.82) is 0 Å². The fourth-order valence-electron chi connectivity index (χ4n) is 1.31. The molecule has 0 aliphatic heterocycles. The van der Waals surface area contributed by atoms with Gasteiger partial charge in [0.15, 0.2) is 0 Å². The lowest BCUT2D eigenvalue weighted by atomic mass is 10.0. The van der Waals surface area contributed by atoms with E-state index in [0.717, 1.165) is 6.07 Å². The molecule has 0 fully saturated rings. The third-order valence-corrected chi connectivity index (χ3v) is 2.00. The van der Waals surface area contributed by atoms with E-state index in [1.54, 1.807) is 6.92 Å². The van der Waals surface area contributed by atoms with Crippen LogP contribution >= 0.6 is 0 Å². The SMILES string of the molecule is Cc1ccc(F)c([C@H](N)CC(F)(F)F)c1. The van der Waals surface area contributed by atoms with Crippen LogP contribution < -0.4 is 5.73 Å². The van der Waals surface area contributed by atoms with E-state index >= 15 is 0 Å². The van der Waals surface area contributed by atoms with Gasteiger partial charge in [-0.2, -0.15) is 13.2 Å². The molecule has 0 spiro atoms. The highest BCUT2D eigenvalue weighted by Gasteiger charge is 2.31. The zero-order valence-electron chi connectivity index (χ0n) is 8.11. The Morgan fingerprint density at radius 1 is 1.33 bits per heavy atom. The van der Waals surface area contributed by atoms with Crippen LogP contribution in [-0.2, 0) is 0 Å². The number of nitrogens with two attached hydrogens (primary N) is 1. The number of halogens is 4. The highest BCUT2D eigenvalue weighted by molar-refractivity contribution is 5.26. The van der Waals surface area contributed by atoms with Gasteiger partial charge in [0.1, 0.15) is 5.82 Å². The van der Waals surface area contributed by atoms with Gasteiger partial charge in [0.05, 0.1) is 6.42 Å². The summed E-state index contributed by atoms with van der Waals surface area (Å²) in [5.41, 5.74) is 5.88. The molecule has 5 heteroatoms. The fourth-order valence-corrected chi connectivity index (χ4v) is 1.31. The number of hydrogen-bond acceptors (Lipinski definition) is 1. The summed E-state index contributed by atoms with van der Waals surface area (Å²) in [6, 6.07) is 2.61. The first kappa shape index (κ1) is 12.0. The number of aryl methyl sites for hydroxylation is 1. The van der Waals surface area contributed by atoms with Crippen molar-refractivity contribution in [1.82, 2.24) is 0 Å². The predicted octanol–water partition coefficient (Wildman–Crippen LogP) is 3.09. The van der Waals surface area contributed by atoms with Crippen molar-refractivity contribution in [3.63, 3.8) is 0 Å². The second-order valence-electron chi connectivity index (χ2n) is 3.45. The summed E-state index contributed by atoms with van der Waals surface area (Å²) in [6.07, 6.45) is -5.59. The highest BCUT2D eigenvalue weighted by Crippen LogP contribution is 2.29. The average molecular weight is 221 g/mol. The van der Waals surface area contributed by atoms with Crippen LogP contribution in [0, 0.1) is 12.7 Å². The third kappa shape index (κ3) is 3.51. The van der Waals surface area contributed by atoms with Crippen LogP contribution in [0.1, 0.15) is 23.6 Å². The minimum atomic E-state index is -4.38. The largest absolute Gasteiger partial charge is 0.390 e. The number of alkyl halides is 3. The van der Waals surface area contributed by atoms with E-state index in [1.807, 2.05) is 0 Å². The fraction of sp³-hybridized carbons (Fsp3) is 0.400. The van der Waals surface area contributed by atoms with Crippen molar-refractivity contribution in [2.45, 2.75) is 25.6 Å². The first-order chi connectivity index (χ1) is 6.79. The molecule has 0 radical (unpaired) electrons. The summed E-state index contributed by atoms with van der Waals surface area (Å²) < 4.78 is 49.2. The lowest BCUT2D eigenvalue weighted by Gasteiger charge is -2.15. The van der Waals surface area contributed by atoms with Crippen molar-refractivity contribution in [3.8, 4) is 0 Å². The molecule has 1 aromatic rings. The summed E-state index contributed by atoms with van der Waals surface area (Å²) in [7, 11) is 0. The molecule has 0 unspecified atom stereocenters. The van der Waals surface area contributed by atoms with Crippen molar-refractivity contribution >= 4 is 0 Å². The Hall–Kier alpha value is -1.10. The van der Waals surface area contributed by atoms with Gasteiger partial charge in [0.2, 0.25) is 0 Å². The predicted molar refractivity (Wildman–Crippen MR) is 48.7 cm³/mol. The molecule has 0 saturated carbocycles.